The highest BCUT2D eigenvalue weighted by Gasteiger charge is 2.13. The van der Waals surface area contributed by atoms with Crippen molar-refractivity contribution in [1.82, 2.24) is 0 Å². The van der Waals surface area contributed by atoms with E-state index < -0.39 is 0 Å². The molecule has 0 aromatic carbocycles. The standard InChI is InChI=1S/C9H10O3/c10-4-7-1-2-8(5-11)9(3-7)6-12/h2-4,6-7,11H,1,5H2. The third-order valence-corrected chi connectivity index (χ3v) is 1.87. The molecule has 3 nitrogen and oxygen atoms in total. The number of aldehydes is 2. The first-order valence-electron chi connectivity index (χ1n) is 3.74. The van der Waals surface area contributed by atoms with Crippen molar-refractivity contribution < 1.29 is 14.7 Å². The maximum absolute atomic E-state index is 10.5. The largest absolute Gasteiger partial charge is 0.392 e. The summed E-state index contributed by atoms with van der Waals surface area (Å²) in [6.45, 7) is -0.143. The van der Waals surface area contributed by atoms with Gasteiger partial charge >= 0.3 is 0 Å². The van der Waals surface area contributed by atoms with Gasteiger partial charge in [0.05, 0.1) is 6.61 Å². The summed E-state index contributed by atoms with van der Waals surface area (Å²) in [5.41, 5.74) is 1.05. The maximum Gasteiger partial charge on any atom is 0.150 e. The number of hydrogen-bond acceptors (Lipinski definition) is 3. The normalized spacial score (nSPS) is 22.6. The van der Waals surface area contributed by atoms with Crippen LogP contribution in [0.1, 0.15) is 6.42 Å². The summed E-state index contributed by atoms with van der Waals surface area (Å²) in [6, 6.07) is 0. The number of carbonyl (C=O) groups is 2. The molecule has 1 atom stereocenters. The lowest BCUT2D eigenvalue weighted by molar-refractivity contribution is -0.109. The van der Waals surface area contributed by atoms with Crippen LogP contribution in [0.25, 0.3) is 0 Å². The SMILES string of the molecule is O=CC1=CC(C=O)CC=C1CO. The van der Waals surface area contributed by atoms with Crippen LogP contribution in [0.3, 0.4) is 0 Å². The van der Waals surface area contributed by atoms with Crippen LogP contribution in [0.5, 0.6) is 0 Å². The summed E-state index contributed by atoms with van der Waals surface area (Å²) >= 11 is 0. The first-order valence-corrected chi connectivity index (χ1v) is 3.74. The predicted octanol–water partition coefficient (Wildman–Crippen LogP) is 0.249. The molecule has 0 radical (unpaired) electrons. The molecule has 0 saturated carbocycles. The Labute approximate surface area is 70.4 Å². The zero-order chi connectivity index (χ0) is 8.97. The molecule has 1 aliphatic rings. The maximum atomic E-state index is 10.5. The quantitative estimate of drug-likeness (QED) is 0.611. The van der Waals surface area contributed by atoms with E-state index in [4.69, 9.17) is 5.11 Å². The third kappa shape index (κ3) is 1.68. The van der Waals surface area contributed by atoms with Crippen LogP contribution in [0.15, 0.2) is 23.3 Å². The molecule has 1 N–H and O–H groups in total. The molecule has 0 fully saturated rings. The fourth-order valence-corrected chi connectivity index (χ4v) is 1.17. The monoisotopic (exact) mass is 166 g/mol. The highest BCUT2D eigenvalue weighted by Crippen LogP contribution is 2.19. The Morgan fingerprint density at radius 3 is 2.83 bits per heavy atom. The van der Waals surface area contributed by atoms with Crippen LogP contribution in [-0.4, -0.2) is 24.3 Å². The van der Waals surface area contributed by atoms with Crippen molar-refractivity contribution >= 4 is 12.6 Å². The van der Waals surface area contributed by atoms with E-state index in [1.165, 1.54) is 0 Å². The summed E-state index contributed by atoms with van der Waals surface area (Å²) < 4.78 is 0. The van der Waals surface area contributed by atoms with Crippen LogP contribution >= 0.6 is 0 Å². The van der Waals surface area contributed by atoms with Gasteiger partial charge in [-0.2, -0.15) is 0 Å². The van der Waals surface area contributed by atoms with Crippen molar-refractivity contribution in [3.05, 3.63) is 23.3 Å². The van der Waals surface area contributed by atoms with Gasteiger partial charge in [-0.1, -0.05) is 12.2 Å². The Balaban J connectivity index is 2.85. The Morgan fingerprint density at radius 2 is 2.33 bits per heavy atom. The molecule has 0 saturated heterocycles. The third-order valence-electron chi connectivity index (χ3n) is 1.87. The van der Waals surface area contributed by atoms with E-state index in [-0.39, 0.29) is 12.5 Å². The van der Waals surface area contributed by atoms with E-state index in [1.807, 2.05) is 0 Å². The number of allylic oxidation sites excluding steroid dienone is 2. The van der Waals surface area contributed by atoms with Crippen molar-refractivity contribution in [2.24, 2.45) is 5.92 Å². The summed E-state index contributed by atoms with van der Waals surface area (Å²) in [6.07, 6.45) is 5.36. The second kappa shape index (κ2) is 3.97. The fourth-order valence-electron chi connectivity index (χ4n) is 1.17. The second-order valence-electron chi connectivity index (χ2n) is 2.66. The van der Waals surface area contributed by atoms with Crippen LogP contribution in [-0.2, 0) is 9.59 Å². The van der Waals surface area contributed by atoms with Gasteiger partial charge in [-0.05, 0) is 12.0 Å². The molecule has 0 heterocycles. The lowest BCUT2D eigenvalue weighted by Crippen LogP contribution is -2.08. The summed E-state index contributed by atoms with van der Waals surface area (Å²) in [5.74, 6) is -0.208. The fraction of sp³-hybridized carbons (Fsp3) is 0.333. The van der Waals surface area contributed by atoms with Crippen molar-refractivity contribution in [3.8, 4) is 0 Å². The Kier molecular flexibility index (Phi) is 2.94. The molecule has 1 unspecified atom stereocenters. The summed E-state index contributed by atoms with van der Waals surface area (Å²) in [5, 5.41) is 8.80. The topological polar surface area (TPSA) is 54.4 Å². The number of aliphatic hydroxyl groups excluding tert-OH is 1. The molecule has 0 aromatic heterocycles. The van der Waals surface area contributed by atoms with Gasteiger partial charge in [0.1, 0.15) is 12.6 Å². The minimum Gasteiger partial charge on any atom is -0.392 e. The number of aliphatic hydroxyl groups is 1. The van der Waals surface area contributed by atoms with Gasteiger partial charge in [-0.3, -0.25) is 4.79 Å². The predicted molar refractivity (Wildman–Crippen MR) is 43.5 cm³/mol. The molecule has 0 amide bonds. The molecule has 12 heavy (non-hydrogen) atoms. The number of carbonyl (C=O) groups excluding carboxylic acids is 2. The van der Waals surface area contributed by atoms with Gasteiger partial charge in [-0.25, -0.2) is 0 Å². The van der Waals surface area contributed by atoms with Gasteiger partial charge in [0.2, 0.25) is 0 Å². The lowest BCUT2D eigenvalue weighted by atomic mass is 9.92. The molecular weight excluding hydrogens is 156 g/mol. The van der Waals surface area contributed by atoms with Crippen LogP contribution < -0.4 is 0 Å². The Morgan fingerprint density at radius 1 is 1.58 bits per heavy atom. The van der Waals surface area contributed by atoms with Crippen LogP contribution in [0.4, 0.5) is 0 Å². The second-order valence-corrected chi connectivity index (χ2v) is 2.66. The zero-order valence-corrected chi connectivity index (χ0v) is 6.56. The molecule has 1 aliphatic carbocycles. The van der Waals surface area contributed by atoms with Gasteiger partial charge < -0.3 is 9.90 Å². The molecule has 3 heteroatoms. The van der Waals surface area contributed by atoms with Gasteiger partial charge in [0.25, 0.3) is 0 Å². The van der Waals surface area contributed by atoms with Crippen molar-refractivity contribution in [2.75, 3.05) is 6.61 Å². The number of rotatable bonds is 3. The molecule has 0 aromatic rings. The van der Waals surface area contributed by atoms with Gasteiger partial charge in [0.15, 0.2) is 0 Å². The van der Waals surface area contributed by atoms with Gasteiger partial charge in [-0.15, -0.1) is 0 Å². The number of hydrogen-bond donors (Lipinski definition) is 1. The van der Waals surface area contributed by atoms with E-state index >= 15 is 0 Å². The van der Waals surface area contributed by atoms with Crippen LogP contribution in [0, 0.1) is 5.92 Å². The van der Waals surface area contributed by atoms with Crippen molar-refractivity contribution in [3.63, 3.8) is 0 Å². The van der Waals surface area contributed by atoms with E-state index in [0.29, 0.717) is 23.9 Å². The molecule has 0 bridgehead atoms. The first kappa shape index (κ1) is 8.87. The van der Waals surface area contributed by atoms with E-state index in [1.54, 1.807) is 12.2 Å². The Hall–Kier alpha value is -1.22. The van der Waals surface area contributed by atoms with Crippen molar-refractivity contribution in [1.29, 1.82) is 0 Å². The average molecular weight is 166 g/mol. The van der Waals surface area contributed by atoms with Crippen molar-refractivity contribution in [2.45, 2.75) is 6.42 Å². The molecular formula is C9H10O3. The zero-order valence-electron chi connectivity index (χ0n) is 6.56. The van der Waals surface area contributed by atoms with E-state index in [9.17, 15) is 9.59 Å². The molecule has 0 spiro atoms. The first-order chi connectivity index (χ1) is 5.81. The molecule has 64 valence electrons. The molecule has 0 aliphatic heterocycles. The summed E-state index contributed by atoms with van der Waals surface area (Å²) in [4.78, 5) is 20.8. The Bertz CT molecular complexity index is 250. The van der Waals surface area contributed by atoms with E-state index in [0.717, 1.165) is 6.29 Å². The summed E-state index contributed by atoms with van der Waals surface area (Å²) in [7, 11) is 0. The van der Waals surface area contributed by atoms with Crippen LogP contribution in [0.2, 0.25) is 0 Å². The highest BCUT2D eigenvalue weighted by atomic mass is 16.3. The average Bonchev–Trinajstić information content (AvgIpc) is 2.16. The minimum absolute atomic E-state index is 0.143. The minimum atomic E-state index is -0.208. The van der Waals surface area contributed by atoms with E-state index in [2.05, 4.69) is 0 Å². The molecule has 1 rings (SSSR count). The smallest absolute Gasteiger partial charge is 0.150 e. The van der Waals surface area contributed by atoms with Gasteiger partial charge in [0, 0.05) is 11.5 Å². The highest BCUT2D eigenvalue weighted by molar-refractivity contribution is 5.82. The lowest BCUT2D eigenvalue weighted by Gasteiger charge is -2.12.